The van der Waals surface area contributed by atoms with Crippen LogP contribution in [0, 0.1) is 0 Å². The number of carbonyl (C=O) groups is 1. The lowest BCUT2D eigenvalue weighted by atomic mass is 10.0. The Morgan fingerprint density at radius 3 is 2.54 bits per heavy atom. The molecule has 0 fully saturated rings. The molecule has 1 N–H and O–H groups in total. The number of hydrogen-bond donors (Lipinski definition) is 1. The van der Waals surface area contributed by atoms with Gasteiger partial charge in [0.15, 0.2) is 0 Å². The van der Waals surface area contributed by atoms with Crippen LogP contribution < -0.4 is 0 Å². The normalized spacial score (nSPS) is 11.0. The summed E-state index contributed by atoms with van der Waals surface area (Å²) in [5.41, 5.74) is 3.32. The van der Waals surface area contributed by atoms with Crippen LogP contribution in [0.3, 0.4) is 0 Å². The van der Waals surface area contributed by atoms with Gasteiger partial charge in [-0.2, -0.15) is 0 Å². The smallest absolute Gasteiger partial charge is 0.340 e. The lowest BCUT2D eigenvalue weighted by molar-refractivity contribution is 0.0529. The number of nitrogens with one attached hydrogen (secondary N) is 1. The lowest BCUT2D eigenvalue weighted by Gasteiger charge is -2.06. The minimum absolute atomic E-state index is 0.293. The van der Waals surface area contributed by atoms with Crippen molar-refractivity contribution in [2.24, 2.45) is 0 Å². The zero-order valence-corrected chi connectivity index (χ0v) is 13.4. The summed E-state index contributed by atoms with van der Waals surface area (Å²) in [5.74, 6) is -0.293. The summed E-state index contributed by atoms with van der Waals surface area (Å²) >= 11 is 0. The first kappa shape index (κ1) is 14.5. The number of aromatic nitrogens is 1. The minimum Gasteiger partial charge on any atom is -0.462 e. The molecule has 4 aromatic rings. The van der Waals surface area contributed by atoms with Crippen molar-refractivity contribution in [3.05, 3.63) is 72.3 Å². The SMILES string of the molecule is CCOC(=O)c1c(-c2ccc3ccccc3c2)[nH]c2ccccc12. The predicted octanol–water partition coefficient (Wildman–Crippen LogP) is 5.16. The van der Waals surface area contributed by atoms with Crippen LogP contribution >= 0.6 is 0 Å². The highest BCUT2D eigenvalue weighted by Crippen LogP contribution is 2.32. The number of H-pyrrole nitrogens is 1. The van der Waals surface area contributed by atoms with Crippen LogP contribution in [0.4, 0.5) is 0 Å². The number of esters is 1. The van der Waals surface area contributed by atoms with Gasteiger partial charge in [0, 0.05) is 10.9 Å². The van der Waals surface area contributed by atoms with Gasteiger partial charge in [-0.25, -0.2) is 4.79 Å². The van der Waals surface area contributed by atoms with Crippen LogP contribution in [-0.2, 0) is 4.74 Å². The lowest BCUT2D eigenvalue weighted by Crippen LogP contribution is -2.05. The molecule has 0 aliphatic heterocycles. The largest absolute Gasteiger partial charge is 0.462 e. The molecule has 1 heterocycles. The second-order valence-electron chi connectivity index (χ2n) is 5.70. The summed E-state index contributed by atoms with van der Waals surface area (Å²) in [6.45, 7) is 2.18. The van der Waals surface area contributed by atoms with Gasteiger partial charge in [-0.3, -0.25) is 0 Å². The highest BCUT2D eigenvalue weighted by Gasteiger charge is 2.20. The molecule has 0 saturated carbocycles. The molecule has 0 spiro atoms. The molecule has 3 aromatic carbocycles. The van der Waals surface area contributed by atoms with Gasteiger partial charge in [0.25, 0.3) is 0 Å². The highest BCUT2D eigenvalue weighted by molar-refractivity contribution is 6.10. The van der Waals surface area contributed by atoms with Gasteiger partial charge in [-0.15, -0.1) is 0 Å². The Bertz CT molecular complexity index is 1050. The maximum Gasteiger partial charge on any atom is 0.340 e. The van der Waals surface area contributed by atoms with E-state index in [1.54, 1.807) is 0 Å². The minimum atomic E-state index is -0.293. The molecule has 3 heteroatoms. The van der Waals surface area contributed by atoms with Crippen molar-refractivity contribution in [3.8, 4) is 11.3 Å². The second-order valence-corrected chi connectivity index (χ2v) is 5.70. The molecule has 4 rings (SSSR count). The summed E-state index contributed by atoms with van der Waals surface area (Å²) < 4.78 is 5.29. The number of aromatic amines is 1. The topological polar surface area (TPSA) is 42.1 Å². The van der Waals surface area contributed by atoms with Gasteiger partial charge in [0.1, 0.15) is 0 Å². The molecule has 0 unspecified atom stereocenters. The number of rotatable bonds is 3. The van der Waals surface area contributed by atoms with Gasteiger partial charge in [0.05, 0.1) is 17.9 Å². The Kier molecular flexibility index (Phi) is 3.54. The van der Waals surface area contributed by atoms with E-state index in [4.69, 9.17) is 4.74 Å². The number of hydrogen-bond acceptors (Lipinski definition) is 2. The third kappa shape index (κ3) is 2.35. The number of para-hydroxylation sites is 1. The number of carbonyl (C=O) groups excluding carboxylic acids is 1. The molecule has 0 saturated heterocycles. The maximum atomic E-state index is 12.5. The maximum absolute atomic E-state index is 12.5. The van der Waals surface area contributed by atoms with E-state index in [0.29, 0.717) is 12.2 Å². The van der Waals surface area contributed by atoms with E-state index in [9.17, 15) is 4.79 Å². The number of ether oxygens (including phenoxy) is 1. The summed E-state index contributed by atoms with van der Waals surface area (Å²) in [7, 11) is 0. The predicted molar refractivity (Wildman–Crippen MR) is 97.2 cm³/mol. The van der Waals surface area contributed by atoms with Crippen molar-refractivity contribution in [1.29, 1.82) is 0 Å². The Hall–Kier alpha value is -3.07. The molecule has 118 valence electrons. The molecule has 0 amide bonds. The van der Waals surface area contributed by atoms with E-state index in [1.807, 2.05) is 49.4 Å². The molecular formula is C21H17NO2. The zero-order valence-electron chi connectivity index (χ0n) is 13.4. The molecule has 0 aliphatic rings. The first-order valence-electron chi connectivity index (χ1n) is 8.05. The van der Waals surface area contributed by atoms with Gasteiger partial charge in [-0.1, -0.05) is 54.6 Å². The van der Waals surface area contributed by atoms with E-state index in [1.165, 1.54) is 5.39 Å². The van der Waals surface area contributed by atoms with Crippen molar-refractivity contribution in [1.82, 2.24) is 4.98 Å². The zero-order chi connectivity index (χ0) is 16.5. The average Bonchev–Trinajstić information content (AvgIpc) is 3.01. The summed E-state index contributed by atoms with van der Waals surface area (Å²) in [6, 6.07) is 22.2. The van der Waals surface area contributed by atoms with Crippen molar-refractivity contribution in [2.75, 3.05) is 6.61 Å². The molecule has 0 aliphatic carbocycles. The molecule has 24 heavy (non-hydrogen) atoms. The van der Waals surface area contributed by atoms with Crippen LogP contribution in [0.15, 0.2) is 66.7 Å². The van der Waals surface area contributed by atoms with Crippen molar-refractivity contribution in [2.45, 2.75) is 6.92 Å². The fraction of sp³-hybridized carbons (Fsp3) is 0.0952. The number of fused-ring (bicyclic) bond motifs is 2. The van der Waals surface area contributed by atoms with E-state index < -0.39 is 0 Å². The van der Waals surface area contributed by atoms with Crippen LogP contribution in [0.1, 0.15) is 17.3 Å². The van der Waals surface area contributed by atoms with E-state index in [0.717, 1.165) is 27.5 Å². The van der Waals surface area contributed by atoms with Gasteiger partial charge in [-0.05, 0) is 35.4 Å². The Morgan fingerprint density at radius 1 is 0.958 bits per heavy atom. The standard InChI is InChI=1S/C21H17NO2/c1-2-24-21(23)19-17-9-5-6-10-18(17)22-20(19)16-12-11-14-7-3-4-8-15(14)13-16/h3-13,22H,2H2,1H3. The van der Waals surface area contributed by atoms with Crippen LogP contribution in [0.5, 0.6) is 0 Å². The number of benzene rings is 3. The van der Waals surface area contributed by atoms with Gasteiger partial charge in [0.2, 0.25) is 0 Å². The summed E-state index contributed by atoms with van der Waals surface area (Å²) in [5, 5.41) is 3.21. The van der Waals surface area contributed by atoms with E-state index in [-0.39, 0.29) is 5.97 Å². The third-order valence-electron chi connectivity index (χ3n) is 4.22. The second kappa shape index (κ2) is 5.85. The molecule has 0 bridgehead atoms. The molecule has 0 atom stereocenters. The van der Waals surface area contributed by atoms with Crippen LogP contribution in [-0.4, -0.2) is 17.6 Å². The fourth-order valence-electron chi connectivity index (χ4n) is 3.12. The van der Waals surface area contributed by atoms with Crippen LogP contribution in [0.2, 0.25) is 0 Å². The van der Waals surface area contributed by atoms with E-state index in [2.05, 4.69) is 29.2 Å². The van der Waals surface area contributed by atoms with Crippen molar-refractivity contribution in [3.63, 3.8) is 0 Å². The molecule has 1 aromatic heterocycles. The van der Waals surface area contributed by atoms with E-state index >= 15 is 0 Å². The van der Waals surface area contributed by atoms with Crippen molar-refractivity contribution < 1.29 is 9.53 Å². The third-order valence-corrected chi connectivity index (χ3v) is 4.22. The van der Waals surface area contributed by atoms with Gasteiger partial charge >= 0.3 is 5.97 Å². The first-order valence-corrected chi connectivity index (χ1v) is 8.05. The molecule has 0 radical (unpaired) electrons. The molecule has 3 nitrogen and oxygen atoms in total. The first-order chi connectivity index (χ1) is 11.8. The van der Waals surface area contributed by atoms with Crippen molar-refractivity contribution >= 4 is 27.6 Å². The fourth-order valence-corrected chi connectivity index (χ4v) is 3.12. The van der Waals surface area contributed by atoms with Crippen LogP contribution in [0.25, 0.3) is 32.9 Å². The van der Waals surface area contributed by atoms with Gasteiger partial charge < -0.3 is 9.72 Å². The Balaban J connectivity index is 1.97. The summed E-state index contributed by atoms with van der Waals surface area (Å²) in [6.07, 6.45) is 0. The highest BCUT2D eigenvalue weighted by atomic mass is 16.5. The average molecular weight is 315 g/mol. The molecular weight excluding hydrogens is 298 g/mol. The quantitative estimate of drug-likeness (QED) is 0.530. The Labute approximate surface area is 139 Å². The summed E-state index contributed by atoms with van der Waals surface area (Å²) in [4.78, 5) is 15.9. The Morgan fingerprint density at radius 2 is 1.71 bits per heavy atom. The monoisotopic (exact) mass is 315 g/mol.